The first kappa shape index (κ1) is 15.1. The van der Waals surface area contributed by atoms with Crippen molar-refractivity contribution in [1.82, 2.24) is 5.32 Å². The van der Waals surface area contributed by atoms with Crippen LogP contribution in [0.25, 0.3) is 0 Å². The largest absolute Gasteiger partial charge is 0.416 e. The molecule has 0 radical (unpaired) electrons. The fourth-order valence-electron chi connectivity index (χ4n) is 2.16. The third-order valence-corrected chi connectivity index (χ3v) is 4.00. The van der Waals surface area contributed by atoms with E-state index in [0.29, 0.717) is 5.56 Å². The van der Waals surface area contributed by atoms with E-state index in [1.165, 1.54) is 17.7 Å². The molecule has 20 heavy (non-hydrogen) atoms. The molecule has 0 saturated heterocycles. The fraction of sp³-hybridized carbons (Fsp3) is 0.333. The Bertz CT molecular complexity index is 534. The van der Waals surface area contributed by atoms with E-state index in [1.54, 1.807) is 24.5 Å². The quantitative estimate of drug-likeness (QED) is 0.846. The van der Waals surface area contributed by atoms with Gasteiger partial charge >= 0.3 is 6.18 Å². The molecule has 1 N–H and O–H groups in total. The van der Waals surface area contributed by atoms with Gasteiger partial charge in [-0.25, -0.2) is 0 Å². The molecule has 5 heteroatoms. The number of hydrogen-bond donors (Lipinski definition) is 1. The first-order valence-corrected chi connectivity index (χ1v) is 7.30. The van der Waals surface area contributed by atoms with Gasteiger partial charge in [-0.15, -0.1) is 0 Å². The van der Waals surface area contributed by atoms with Gasteiger partial charge in [-0.2, -0.15) is 24.5 Å². The minimum absolute atomic E-state index is 0.0720. The van der Waals surface area contributed by atoms with Crippen molar-refractivity contribution in [1.29, 1.82) is 0 Å². The fourth-order valence-corrected chi connectivity index (χ4v) is 2.86. The Balaban J connectivity index is 2.11. The molecule has 0 aliphatic rings. The lowest BCUT2D eigenvalue weighted by atomic mass is 9.98. The Morgan fingerprint density at radius 2 is 2.05 bits per heavy atom. The van der Waals surface area contributed by atoms with Gasteiger partial charge < -0.3 is 5.32 Å². The number of nitrogens with one attached hydrogen (secondary N) is 1. The van der Waals surface area contributed by atoms with Crippen molar-refractivity contribution in [3.8, 4) is 0 Å². The molecule has 0 aliphatic carbocycles. The highest BCUT2D eigenvalue weighted by Crippen LogP contribution is 2.31. The minimum Gasteiger partial charge on any atom is -0.313 e. The van der Waals surface area contributed by atoms with E-state index in [1.807, 2.05) is 11.4 Å². The molecule has 0 spiro atoms. The molecule has 1 heterocycles. The molecule has 1 unspecified atom stereocenters. The van der Waals surface area contributed by atoms with E-state index < -0.39 is 11.7 Å². The van der Waals surface area contributed by atoms with E-state index >= 15 is 0 Å². The molecule has 0 aliphatic heterocycles. The van der Waals surface area contributed by atoms with E-state index in [0.717, 1.165) is 18.9 Å². The predicted molar refractivity (Wildman–Crippen MR) is 75.9 cm³/mol. The topological polar surface area (TPSA) is 12.0 Å². The highest BCUT2D eigenvalue weighted by Gasteiger charge is 2.30. The molecule has 0 fully saturated rings. The maximum absolute atomic E-state index is 12.7. The zero-order valence-electron chi connectivity index (χ0n) is 11.1. The number of benzene rings is 1. The van der Waals surface area contributed by atoms with Crippen LogP contribution >= 0.6 is 11.3 Å². The molecule has 0 amide bonds. The van der Waals surface area contributed by atoms with E-state index in [-0.39, 0.29) is 6.04 Å². The van der Waals surface area contributed by atoms with Crippen molar-refractivity contribution >= 4 is 11.3 Å². The Kier molecular flexibility index (Phi) is 4.83. The summed E-state index contributed by atoms with van der Waals surface area (Å²) < 4.78 is 38.2. The van der Waals surface area contributed by atoms with Crippen LogP contribution in [0.1, 0.15) is 29.2 Å². The van der Waals surface area contributed by atoms with Gasteiger partial charge in [0, 0.05) is 6.04 Å². The monoisotopic (exact) mass is 299 g/mol. The van der Waals surface area contributed by atoms with Crippen LogP contribution in [0.4, 0.5) is 13.2 Å². The lowest BCUT2D eigenvalue weighted by molar-refractivity contribution is -0.137. The van der Waals surface area contributed by atoms with Crippen molar-refractivity contribution < 1.29 is 13.2 Å². The van der Waals surface area contributed by atoms with Crippen molar-refractivity contribution in [3.05, 3.63) is 57.8 Å². The number of hydrogen-bond acceptors (Lipinski definition) is 2. The van der Waals surface area contributed by atoms with E-state index in [9.17, 15) is 13.2 Å². The average molecular weight is 299 g/mol. The van der Waals surface area contributed by atoms with Crippen LogP contribution < -0.4 is 5.32 Å². The third kappa shape index (κ3) is 3.84. The van der Waals surface area contributed by atoms with Crippen LogP contribution in [-0.2, 0) is 12.6 Å². The van der Waals surface area contributed by atoms with Crippen LogP contribution in [-0.4, -0.2) is 7.05 Å². The van der Waals surface area contributed by atoms with Crippen LogP contribution in [0.15, 0.2) is 41.1 Å². The minimum atomic E-state index is -4.29. The second-order valence-corrected chi connectivity index (χ2v) is 5.41. The third-order valence-electron chi connectivity index (χ3n) is 3.27. The van der Waals surface area contributed by atoms with Crippen LogP contribution in [0, 0.1) is 0 Å². The Hall–Kier alpha value is -1.33. The molecule has 1 nitrogen and oxygen atoms in total. The Morgan fingerprint density at radius 3 is 2.65 bits per heavy atom. The van der Waals surface area contributed by atoms with Gasteiger partial charge in [0.25, 0.3) is 0 Å². The first-order chi connectivity index (χ1) is 9.50. The smallest absolute Gasteiger partial charge is 0.313 e. The summed E-state index contributed by atoms with van der Waals surface area (Å²) in [6.45, 7) is 0. The summed E-state index contributed by atoms with van der Waals surface area (Å²) in [6, 6.07) is 7.52. The standard InChI is InChI=1S/C15H16F3NS/c1-19-14(6-5-11-7-8-20-10-11)12-3-2-4-13(9-12)15(16,17)18/h2-4,7-10,14,19H,5-6H2,1H3. The van der Waals surface area contributed by atoms with Crippen LogP contribution in [0.2, 0.25) is 0 Å². The maximum atomic E-state index is 12.7. The summed E-state index contributed by atoms with van der Waals surface area (Å²) in [7, 11) is 1.78. The molecular weight excluding hydrogens is 283 g/mol. The molecule has 108 valence electrons. The van der Waals surface area contributed by atoms with Crippen molar-refractivity contribution in [3.63, 3.8) is 0 Å². The van der Waals surface area contributed by atoms with E-state index in [4.69, 9.17) is 0 Å². The van der Waals surface area contributed by atoms with Crippen LogP contribution in [0.5, 0.6) is 0 Å². The summed E-state index contributed by atoms with van der Waals surface area (Å²) in [5.41, 5.74) is 1.31. The predicted octanol–water partition coefficient (Wildman–Crippen LogP) is 4.66. The van der Waals surface area contributed by atoms with Crippen molar-refractivity contribution in [2.45, 2.75) is 25.1 Å². The average Bonchev–Trinajstić information content (AvgIpc) is 2.92. The molecular formula is C15H16F3NS. The zero-order valence-corrected chi connectivity index (χ0v) is 11.9. The maximum Gasteiger partial charge on any atom is 0.416 e. The highest BCUT2D eigenvalue weighted by atomic mass is 32.1. The summed E-state index contributed by atoms with van der Waals surface area (Å²) in [4.78, 5) is 0. The molecule has 1 aromatic carbocycles. The number of aryl methyl sites for hydroxylation is 1. The van der Waals surface area contributed by atoms with Crippen LogP contribution in [0.3, 0.4) is 0 Å². The van der Waals surface area contributed by atoms with Crippen molar-refractivity contribution in [2.75, 3.05) is 7.05 Å². The molecule has 0 saturated carbocycles. The summed E-state index contributed by atoms with van der Waals surface area (Å²) in [5.74, 6) is 0. The second-order valence-electron chi connectivity index (χ2n) is 4.63. The normalized spacial score (nSPS) is 13.4. The number of thiophene rings is 1. The lowest BCUT2D eigenvalue weighted by Crippen LogP contribution is -2.18. The van der Waals surface area contributed by atoms with Gasteiger partial charge in [0.1, 0.15) is 0 Å². The summed E-state index contributed by atoms with van der Waals surface area (Å²) in [5, 5.41) is 7.17. The SMILES string of the molecule is CNC(CCc1ccsc1)c1cccc(C(F)(F)F)c1. The zero-order chi connectivity index (χ0) is 14.6. The Morgan fingerprint density at radius 1 is 1.25 bits per heavy atom. The Labute approximate surface area is 120 Å². The molecule has 0 bridgehead atoms. The second kappa shape index (κ2) is 6.41. The number of halogens is 3. The molecule has 1 atom stereocenters. The summed E-state index contributed by atoms with van der Waals surface area (Å²) >= 11 is 1.63. The number of alkyl halides is 3. The van der Waals surface area contributed by atoms with Gasteiger partial charge in [0.2, 0.25) is 0 Å². The van der Waals surface area contributed by atoms with Gasteiger partial charge in [0.15, 0.2) is 0 Å². The van der Waals surface area contributed by atoms with Crippen molar-refractivity contribution in [2.24, 2.45) is 0 Å². The van der Waals surface area contributed by atoms with Gasteiger partial charge in [-0.3, -0.25) is 0 Å². The van der Waals surface area contributed by atoms with Gasteiger partial charge in [0.05, 0.1) is 5.56 Å². The highest BCUT2D eigenvalue weighted by molar-refractivity contribution is 7.07. The number of rotatable bonds is 5. The lowest BCUT2D eigenvalue weighted by Gasteiger charge is -2.18. The molecule has 1 aromatic heterocycles. The first-order valence-electron chi connectivity index (χ1n) is 6.36. The van der Waals surface area contributed by atoms with Gasteiger partial charge in [-0.1, -0.05) is 12.1 Å². The molecule has 2 rings (SSSR count). The molecule has 2 aromatic rings. The van der Waals surface area contributed by atoms with E-state index in [2.05, 4.69) is 10.7 Å². The van der Waals surface area contributed by atoms with Gasteiger partial charge in [-0.05, 0) is 60.0 Å². The summed E-state index contributed by atoms with van der Waals surface area (Å²) in [6.07, 6.45) is -2.67.